The third kappa shape index (κ3) is 6.76. The lowest BCUT2D eigenvalue weighted by Gasteiger charge is -2.39. The molecule has 2 aliphatic heterocycles. The Kier molecular flexibility index (Phi) is 8.63. The number of carbonyl (C=O) groups excluding carboxylic acids is 1. The summed E-state index contributed by atoms with van der Waals surface area (Å²) in [6.45, 7) is 12.7. The minimum Gasteiger partial charge on any atom is -0.462 e. The lowest BCUT2D eigenvalue weighted by Crippen LogP contribution is -2.44. The van der Waals surface area contributed by atoms with Gasteiger partial charge in [-0.25, -0.2) is 0 Å². The standard InChI is InChI=1S/C24H44O6Si/c1-24(2,3)31(4,5)28-16-19-18(13-12-17-9-8-10-22(26)29-17)20(25)15-21(19)30-23-11-6-7-14-27-23/h17-21,23,25H,6-16H2,1-5H3/t17-,18-,19-,20+,21-,23?/m1/s1. The maximum absolute atomic E-state index is 11.7. The fraction of sp³-hybridized carbons (Fsp3) is 0.958. The van der Waals surface area contributed by atoms with Crippen LogP contribution >= 0.6 is 0 Å². The van der Waals surface area contributed by atoms with E-state index < -0.39 is 14.4 Å². The number of aliphatic hydroxyl groups is 1. The molecule has 3 aliphatic rings. The molecule has 0 radical (unpaired) electrons. The summed E-state index contributed by atoms with van der Waals surface area (Å²) in [5, 5.41) is 11.1. The predicted octanol–water partition coefficient (Wildman–Crippen LogP) is 4.79. The van der Waals surface area contributed by atoms with E-state index in [1.807, 2.05) is 0 Å². The molecule has 0 aromatic rings. The second-order valence-corrected chi connectivity index (χ2v) is 16.1. The van der Waals surface area contributed by atoms with Gasteiger partial charge in [0.15, 0.2) is 14.6 Å². The van der Waals surface area contributed by atoms with Crippen LogP contribution in [0.4, 0.5) is 0 Å². The molecule has 6 atom stereocenters. The third-order valence-corrected chi connectivity index (χ3v) is 12.4. The highest BCUT2D eigenvalue weighted by molar-refractivity contribution is 6.74. The Labute approximate surface area is 189 Å². The van der Waals surface area contributed by atoms with Gasteiger partial charge in [0.05, 0.1) is 12.2 Å². The minimum absolute atomic E-state index is 0.0166. The van der Waals surface area contributed by atoms with Crippen molar-refractivity contribution in [2.45, 2.75) is 121 Å². The van der Waals surface area contributed by atoms with Crippen molar-refractivity contribution in [3.05, 3.63) is 0 Å². The van der Waals surface area contributed by atoms with E-state index >= 15 is 0 Å². The predicted molar refractivity (Wildman–Crippen MR) is 122 cm³/mol. The van der Waals surface area contributed by atoms with Crippen molar-refractivity contribution in [1.29, 1.82) is 0 Å². The van der Waals surface area contributed by atoms with Gasteiger partial charge in [-0.05, 0) is 69.0 Å². The molecule has 1 aliphatic carbocycles. The van der Waals surface area contributed by atoms with E-state index in [-0.39, 0.29) is 41.3 Å². The average molecular weight is 457 g/mol. The van der Waals surface area contributed by atoms with Gasteiger partial charge in [0.2, 0.25) is 0 Å². The van der Waals surface area contributed by atoms with Gasteiger partial charge >= 0.3 is 5.97 Å². The van der Waals surface area contributed by atoms with Gasteiger partial charge < -0.3 is 23.7 Å². The normalized spacial score (nSPS) is 35.2. The van der Waals surface area contributed by atoms with Gasteiger partial charge in [-0.15, -0.1) is 0 Å². The van der Waals surface area contributed by atoms with Gasteiger partial charge in [-0.2, -0.15) is 0 Å². The van der Waals surface area contributed by atoms with E-state index in [2.05, 4.69) is 33.9 Å². The van der Waals surface area contributed by atoms with Crippen molar-refractivity contribution in [3.63, 3.8) is 0 Å². The smallest absolute Gasteiger partial charge is 0.306 e. The van der Waals surface area contributed by atoms with Crippen LogP contribution in [0.1, 0.15) is 78.6 Å². The third-order valence-electron chi connectivity index (χ3n) is 7.93. The van der Waals surface area contributed by atoms with Gasteiger partial charge in [-0.3, -0.25) is 4.79 Å². The maximum Gasteiger partial charge on any atom is 0.306 e. The van der Waals surface area contributed by atoms with Crippen LogP contribution in [0.3, 0.4) is 0 Å². The zero-order chi connectivity index (χ0) is 22.6. The highest BCUT2D eigenvalue weighted by Crippen LogP contribution is 2.42. The number of hydrogen-bond acceptors (Lipinski definition) is 6. The van der Waals surface area contributed by atoms with Crippen LogP contribution in [0.2, 0.25) is 18.1 Å². The molecule has 0 aromatic heterocycles. The Bertz CT molecular complexity index is 583. The number of ether oxygens (including phenoxy) is 3. The number of aliphatic hydroxyl groups excluding tert-OH is 1. The molecule has 1 saturated carbocycles. The molecular weight excluding hydrogens is 412 g/mol. The first-order valence-electron chi connectivity index (χ1n) is 12.4. The quantitative estimate of drug-likeness (QED) is 0.418. The van der Waals surface area contributed by atoms with Crippen molar-refractivity contribution in [1.82, 2.24) is 0 Å². The molecule has 0 bridgehead atoms. The van der Waals surface area contributed by atoms with E-state index in [0.29, 0.717) is 19.4 Å². The first-order chi connectivity index (χ1) is 14.6. The molecule has 0 amide bonds. The molecule has 2 heterocycles. The highest BCUT2D eigenvalue weighted by Gasteiger charge is 2.46. The molecule has 2 saturated heterocycles. The van der Waals surface area contributed by atoms with Gasteiger partial charge in [0, 0.05) is 32.0 Å². The summed E-state index contributed by atoms with van der Waals surface area (Å²) >= 11 is 0. The molecule has 3 fully saturated rings. The Hall–Kier alpha value is -0.473. The van der Waals surface area contributed by atoms with Gasteiger partial charge in [-0.1, -0.05) is 20.8 Å². The number of carbonyl (C=O) groups is 1. The molecule has 1 N–H and O–H groups in total. The summed E-state index contributed by atoms with van der Waals surface area (Å²) in [4.78, 5) is 11.7. The molecule has 0 aromatic carbocycles. The van der Waals surface area contributed by atoms with Crippen LogP contribution in [0.5, 0.6) is 0 Å². The molecule has 1 unspecified atom stereocenters. The van der Waals surface area contributed by atoms with Crippen LogP contribution in [-0.4, -0.2) is 57.2 Å². The first-order valence-corrected chi connectivity index (χ1v) is 15.3. The summed E-state index contributed by atoms with van der Waals surface area (Å²) in [5.74, 6) is 0.143. The van der Waals surface area contributed by atoms with Crippen molar-refractivity contribution in [3.8, 4) is 0 Å². The van der Waals surface area contributed by atoms with Crippen molar-refractivity contribution >= 4 is 14.3 Å². The topological polar surface area (TPSA) is 74.2 Å². The summed E-state index contributed by atoms with van der Waals surface area (Å²) in [6, 6.07) is 0. The van der Waals surface area contributed by atoms with Crippen molar-refractivity contribution in [2.24, 2.45) is 11.8 Å². The van der Waals surface area contributed by atoms with Crippen molar-refractivity contribution in [2.75, 3.05) is 13.2 Å². The number of esters is 1. The monoisotopic (exact) mass is 456 g/mol. The largest absolute Gasteiger partial charge is 0.462 e. The lowest BCUT2D eigenvalue weighted by atomic mass is 9.88. The van der Waals surface area contributed by atoms with Crippen molar-refractivity contribution < 1.29 is 28.5 Å². The van der Waals surface area contributed by atoms with E-state index in [4.69, 9.17) is 18.6 Å². The van der Waals surface area contributed by atoms with Gasteiger partial charge in [0.25, 0.3) is 0 Å². The summed E-state index contributed by atoms with van der Waals surface area (Å²) < 4.78 is 24.4. The molecule has 3 rings (SSSR count). The van der Waals surface area contributed by atoms with Crippen LogP contribution in [0.15, 0.2) is 0 Å². The minimum atomic E-state index is -1.91. The fourth-order valence-electron chi connectivity index (χ4n) is 4.84. The van der Waals surface area contributed by atoms with E-state index in [1.165, 1.54) is 0 Å². The van der Waals surface area contributed by atoms with Crippen LogP contribution < -0.4 is 0 Å². The zero-order valence-electron chi connectivity index (χ0n) is 20.2. The van der Waals surface area contributed by atoms with E-state index in [9.17, 15) is 9.90 Å². The molecular formula is C24H44O6Si. The molecule has 0 spiro atoms. The molecule has 6 nitrogen and oxygen atoms in total. The first kappa shape index (κ1) is 25.2. The second-order valence-electron chi connectivity index (χ2n) is 11.3. The maximum atomic E-state index is 11.7. The Balaban J connectivity index is 1.65. The molecule has 31 heavy (non-hydrogen) atoms. The SMILES string of the molecule is CC(C)(C)[Si](C)(C)OC[C@@H]1[C@@H](CC[C@H]2CCCC(=O)O2)[C@@H](O)C[C@H]1OC1CCCCO1. The van der Waals surface area contributed by atoms with E-state index in [1.54, 1.807) is 0 Å². The van der Waals surface area contributed by atoms with Gasteiger partial charge in [0.1, 0.15) is 6.10 Å². The van der Waals surface area contributed by atoms with Crippen LogP contribution in [0, 0.1) is 11.8 Å². The Morgan fingerprint density at radius 3 is 2.52 bits per heavy atom. The summed E-state index contributed by atoms with van der Waals surface area (Å²) in [6.07, 6.45) is 7.10. The summed E-state index contributed by atoms with van der Waals surface area (Å²) in [7, 11) is -1.91. The number of cyclic esters (lactones) is 1. The Morgan fingerprint density at radius 2 is 1.87 bits per heavy atom. The summed E-state index contributed by atoms with van der Waals surface area (Å²) in [5.41, 5.74) is 0. The average Bonchev–Trinajstić information content (AvgIpc) is 2.99. The Morgan fingerprint density at radius 1 is 1.10 bits per heavy atom. The molecule has 180 valence electrons. The van der Waals surface area contributed by atoms with E-state index in [0.717, 1.165) is 51.6 Å². The number of hydrogen-bond donors (Lipinski definition) is 1. The van der Waals surface area contributed by atoms with Crippen LogP contribution in [-0.2, 0) is 23.4 Å². The zero-order valence-corrected chi connectivity index (χ0v) is 21.2. The lowest BCUT2D eigenvalue weighted by molar-refractivity contribution is -0.198. The second kappa shape index (κ2) is 10.6. The number of rotatable bonds is 8. The molecule has 7 heteroatoms. The highest BCUT2D eigenvalue weighted by atomic mass is 28.4. The van der Waals surface area contributed by atoms with Crippen LogP contribution in [0.25, 0.3) is 0 Å². The fourth-order valence-corrected chi connectivity index (χ4v) is 5.88.